The zero-order valence-electron chi connectivity index (χ0n) is 6.39. The average molecular weight is 153 g/mol. The standard InChI is InChI=1S/C7H8BN.2H2O/c1-5-2-3-6(8)4-7(5)9;;/h2-4H,9H2,1H3;2*1H2. The summed E-state index contributed by atoms with van der Waals surface area (Å²) in [5, 5.41) is 0. The quantitative estimate of drug-likeness (QED) is 0.365. The van der Waals surface area contributed by atoms with Crippen LogP contribution in [0.4, 0.5) is 5.69 Å². The molecular formula is C7H12BNO2. The Labute approximate surface area is 67.2 Å². The molecule has 0 aliphatic rings. The average Bonchev–Trinajstić information content (AvgIpc) is 1.80. The number of hydrogen-bond donors (Lipinski definition) is 1. The van der Waals surface area contributed by atoms with Gasteiger partial charge in [-0.05, 0) is 18.6 Å². The molecule has 0 bridgehead atoms. The molecule has 0 saturated heterocycles. The van der Waals surface area contributed by atoms with Crippen molar-refractivity contribution in [2.24, 2.45) is 0 Å². The van der Waals surface area contributed by atoms with Gasteiger partial charge in [-0.2, -0.15) is 0 Å². The maximum absolute atomic E-state index is 5.54. The number of benzene rings is 1. The van der Waals surface area contributed by atoms with E-state index in [1.807, 2.05) is 19.1 Å². The fourth-order valence-corrected chi connectivity index (χ4v) is 0.659. The van der Waals surface area contributed by atoms with Crippen LogP contribution in [0.2, 0.25) is 0 Å². The summed E-state index contributed by atoms with van der Waals surface area (Å²) in [7, 11) is 5.45. The van der Waals surface area contributed by atoms with Crippen molar-refractivity contribution in [3.05, 3.63) is 23.8 Å². The molecular weight excluding hydrogens is 141 g/mol. The van der Waals surface area contributed by atoms with Crippen molar-refractivity contribution in [3.63, 3.8) is 0 Å². The molecule has 1 aromatic carbocycles. The molecule has 2 radical (unpaired) electrons. The van der Waals surface area contributed by atoms with Crippen LogP contribution in [-0.2, 0) is 0 Å². The van der Waals surface area contributed by atoms with E-state index >= 15 is 0 Å². The molecule has 1 aromatic rings. The first-order valence-corrected chi connectivity index (χ1v) is 2.82. The lowest BCUT2D eigenvalue weighted by molar-refractivity contribution is 0.823. The third-order valence-electron chi connectivity index (χ3n) is 1.30. The van der Waals surface area contributed by atoms with E-state index in [0.717, 1.165) is 16.7 Å². The first-order chi connectivity index (χ1) is 4.20. The number of hydrogen-bond acceptors (Lipinski definition) is 1. The molecule has 0 spiro atoms. The van der Waals surface area contributed by atoms with Crippen molar-refractivity contribution in [3.8, 4) is 0 Å². The van der Waals surface area contributed by atoms with Crippen LogP contribution >= 0.6 is 0 Å². The van der Waals surface area contributed by atoms with Crippen molar-refractivity contribution < 1.29 is 11.0 Å². The van der Waals surface area contributed by atoms with Crippen LogP contribution in [0.1, 0.15) is 5.56 Å². The van der Waals surface area contributed by atoms with Gasteiger partial charge in [0.05, 0.1) is 0 Å². The highest BCUT2D eigenvalue weighted by Crippen LogP contribution is 2.04. The summed E-state index contributed by atoms with van der Waals surface area (Å²) < 4.78 is 0. The molecule has 3 nitrogen and oxygen atoms in total. The molecule has 0 amide bonds. The van der Waals surface area contributed by atoms with Crippen LogP contribution in [0.3, 0.4) is 0 Å². The molecule has 0 unspecified atom stereocenters. The predicted molar refractivity (Wildman–Crippen MR) is 48.2 cm³/mol. The molecule has 0 aliphatic carbocycles. The van der Waals surface area contributed by atoms with Gasteiger partial charge in [0.1, 0.15) is 7.85 Å². The zero-order valence-corrected chi connectivity index (χ0v) is 6.39. The van der Waals surface area contributed by atoms with Crippen LogP contribution < -0.4 is 11.2 Å². The summed E-state index contributed by atoms with van der Waals surface area (Å²) in [4.78, 5) is 0. The van der Waals surface area contributed by atoms with Crippen LogP contribution in [0.15, 0.2) is 18.2 Å². The minimum Gasteiger partial charge on any atom is -0.412 e. The first-order valence-electron chi connectivity index (χ1n) is 2.82. The van der Waals surface area contributed by atoms with Crippen molar-refractivity contribution in [2.75, 3.05) is 5.73 Å². The summed E-state index contributed by atoms with van der Waals surface area (Å²) in [6.45, 7) is 1.95. The van der Waals surface area contributed by atoms with E-state index < -0.39 is 0 Å². The zero-order chi connectivity index (χ0) is 6.85. The Hall–Kier alpha value is -0.995. The van der Waals surface area contributed by atoms with Crippen molar-refractivity contribution >= 4 is 19.0 Å². The Balaban J connectivity index is 0. The molecule has 0 aromatic heterocycles. The van der Waals surface area contributed by atoms with E-state index in [2.05, 4.69) is 0 Å². The van der Waals surface area contributed by atoms with Crippen molar-refractivity contribution in [1.29, 1.82) is 0 Å². The van der Waals surface area contributed by atoms with Gasteiger partial charge in [0.2, 0.25) is 0 Å². The Morgan fingerprint density at radius 3 is 2.18 bits per heavy atom. The van der Waals surface area contributed by atoms with Gasteiger partial charge in [0.15, 0.2) is 0 Å². The summed E-state index contributed by atoms with van der Waals surface area (Å²) in [6, 6.07) is 5.51. The lowest BCUT2D eigenvalue weighted by Crippen LogP contribution is -2.03. The van der Waals surface area contributed by atoms with Gasteiger partial charge in [-0.3, -0.25) is 0 Å². The van der Waals surface area contributed by atoms with Gasteiger partial charge in [0, 0.05) is 5.69 Å². The smallest absolute Gasteiger partial charge is 0.113 e. The van der Waals surface area contributed by atoms with Crippen LogP contribution in [0.25, 0.3) is 0 Å². The Morgan fingerprint density at radius 1 is 1.27 bits per heavy atom. The minimum atomic E-state index is 0. The number of nitrogens with two attached hydrogens (primary N) is 1. The molecule has 0 heterocycles. The maximum atomic E-state index is 5.54. The normalized spacial score (nSPS) is 7.73. The van der Waals surface area contributed by atoms with Gasteiger partial charge in [-0.15, -0.1) is 0 Å². The van der Waals surface area contributed by atoms with E-state index in [1.165, 1.54) is 0 Å². The summed E-state index contributed by atoms with van der Waals surface area (Å²) in [6.07, 6.45) is 0. The molecule has 0 saturated carbocycles. The van der Waals surface area contributed by atoms with E-state index in [0.29, 0.717) is 0 Å². The second-order valence-electron chi connectivity index (χ2n) is 2.12. The summed E-state index contributed by atoms with van der Waals surface area (Å²) >= 11 is 0. The van der Waals surface area contributed by atoms with Crippen LogP contribution in [-0.4, -0.2) is 18.8 Å². The largest absolute Gasteiger partial charge is 0.412 e. The van der Waals surface area contributed by atoms with Crippen molar-refractivity contribution in [1.82, 2.24) is 0 Å². The highest BCUT2D eigenvalue weighted by Gasteiger charge is 1.89. The lowest BCUT2D eigenvalue weighted by Gasteiger charge is -1.98. The second kappa shape index (κ2) is 4.76. The van der Waals surface area contributed by atoms with Gasteiger partial charge >= 0.3 is 0 Å². The molecule has 11 heavy (non-hydrogen) atoms. The van der Waals surface area contributed by atoms with E-state index in [1.54, 1.807) is 6.07 Å². The summed E-state index contributed by atoms with van der Waals surface area (Å²) in [5.74, 6) is 0. The molecule has 60 valence electrons. The lowest BCUT2D eigenvalue weighted by atomic mass is 9.94. The third kappa shape index (κ3) is 3.07. The van der Waals surface area contributed by atoms with Gasteiger partial charge in [-0.25, -0.2) is 0 Å². The molecule has 0 aliphatic heterocycles. The molecule has 0 fully saturated rings. The van der Waals surface area contributed by atoms with Crippen molar-refractivity contribution in [2.45, 2.75) is 6.92 Å². The molecule has 4 heteroatoms. The minimum absolute atomic E-state index is 0. The highest BCUT2D eigenvalue weighted by molar-refractivity contribution is 6.32. The SMILES string of the molecule is O.O.[B]c1ccc(C)c(N)c1. The third-order valence-corrected chi connectivity index (χ3v) is 1.30. The number of nitrogen functional groups attached to an aromatic ring is 1. The topological polar surface area (TPSA) is 89.0 Å². The van der Waals surface area contributed by atoms with E-state index in [4.69, 9.17) is 13.6 Å². The number of rotatable bonds is 0. The van der Waals surface area contributed by atoms with E-state index in [9.17, 15) is 0 Å². The van der Waals surface area contributed by atoms with Gasteiger partial charge in [-0.1, -0.05) is 17.6 Å². The fourth-order valence-electron chi connectivity index (χ4n) is 0.659. The number of aryl methyl sites for hydroxylation is 1. The van der Waals surface area contributed by atoms with Crippen LogP contribution in [0.5, 0.6) is 0 Å². The van der Waals surface area contributed by atoms with Crippen LogP contribution in [0, 0.1) is 6.92 Å². The highest BCUT2D eigenvalue weighted by atomic mass is 16.0. The Morgan fingerprint density at radius 2 is 1.82 bits per heavy atom. The summed E-state index contributed by atoms with van der Waals surface area (Å²) in [5.41, 5.74) is 8.09. The Kier molecular flexibility index (Phi) is 5.48. The second-order valence-corrected chi connectivity index (χ2v) is 2.12. The maximum Gasteiger partial charge on any atom is 0.113 e. The first kappa shape index (κ1) is 12.7. The predicted octanol–water partition coefficient (Wildman–Crippen LogP) is -1.28. The monoisotopic (exact) mass is 153 g/mol. The Bertz CT molecular complexity index is 228. The van der Waals surface area contributed by atoms with E-state index in [-0.39, 0.29) is 11.0 Å². The van der Waals surface area contributed by atoms with Gasteiger partial charge < -0.3 is 16.7 Å². The number of anilines is 1. The molecule has 0 atom stereocenters. The molecule has 6 N–H and O–H groups in total. The van der Waals surface area contributed by atoms with Gasteiger partial charge in [0.25, 0.3) is 0 Å². The molecule has 1 rings (SSSR count). The fraction of sp³-hybridized carbons (Fsp3) is 0.143.